The predicted octanol–water partition coefficient (Wildman–Crippen LogP) is 16.3. The highest BCUT2D eigenvalue weighted by molar-refractivity contribution is 14.1. The van der Waals surface area contributed by atoms with Crippen molar-refractivity contribution in [1.29, 1.82) is 0 Å². The fraction of sp³-hybridized carbons (Fsp3) is 1.00. The number of halogens is 1. The second-order valence-electron chi connectivity index (χ2n) is 13.8. The normalized spacial score (nSPS) is 11.6. The van der Waals surface area contributed by atoms with Gasteiger partial charge in [0.05, 0.1) is 0 Å². The van der Waals surface area contributed by atoms with Crippen LogP contribution < -0.4 is 0 Å². The van der Waals surface area contributed by atoms with E-state index in [1.54, 1.807) is 0 Å². The Morgan fingerprint density at radius 2 is 0.317 bits per heavy atom. The maximum atomic E-state index is 2.50. The minimum Gasteiger partial charge on any atom is -0.0864 e. The van der Waals surface area contributed by atoms with Crippen molar-refractivity contribution in [2.24, 2.45) is 0 Å². The Morgan fingerprint density at radius 3 is 0.439 bits per heavy atom. The van der Waals surface area contributed by atoms with Gasteiger partial charge in [0.15, 0.2) is 0 Å². The highest BCUT2D eigenvalue weighted by atomic mass is 127. The maximum absolute atomic E-state index is 2.50. The van der Waals surface area contributed by atoms with Gasteiger partial charge < -0.3 is 0 Å². The van der Waals surface area contributed by atoms with Crippen LogP contribution in [0.5, 0.6) is 0 Å². The van der Waals surface area contributed by atoms with Crippen LogP contribution >= 0.6 is 22.6 Å². The molecule has 0 unspecified atom stereocenters. The predicted molar refractivity (Wildman–Crippen MR) is 200 cm³/mol. The largest absolute Gasteiger partial charge is 0.0864 e. The molecular formula is C40H81I. The molecule has 248 valence electrons. The minimum absolute atomic E-state index is 1.34. The first kappa shape index (κ1) is 41.7. The van der Waals surface area contributed by atoms with E-state index in [2.05, 4.69) is 29.5 Å². The summed E-state index contributed by atoms with van der Waals surface area (Å²) in [5, 5.41) is 0. The van der Waals surface area contributed by atoms with Crippen LogP contribution in [0.1, 0.15) is 251 Å². The SMILES string of the molecule is CCCCCCCCCCCCCCCCCCCCCCCCCCCCCCCCCCCCCCCCI. The number of hydrogen-bond donors (Lipinski definition) is 0. The standard InChI is InChI=1S/C40H81I/c1-2-3-4-5-6-7-8-9-10-11-12-13-14-15-16-17-18-19-20-21-22-23-24-25-26-27-28-29-30-31-32-33-34-35-36-37-38-39-40-41/h2-40H2,1H3. The van der Waals surface area contributed by atoms with Crippen LogP contribution in [-0.2, 0) is 0 Å². The third-order valence-electron chi connectivity index (χ3n) is 9.49. The number of alkyl halides is 1. The molecule has 0 rings (SSSR count). The van der Waals surface area contributed by atoms with Crippen LogP contribution in [0.15, 0.2) is 0 Å². The van der Waals surface area contributed by atoms with Crippen molar-refractivity contribution in [2.75, 3.05) is 4.43 Å². The summed E-state index contributed by atoms with van der Waals surface area (Å²) in [4.78, 5) is 0. The molecule has 0 radical (unpaired) electrons. The highest BCUT2D eigenvalue weighted by Gasteiger charge is 1.97. The molecule has 0 aromatic carbocycles. The van der Waals surface area contributed by atoms with Crippen molar-refractivity contribution in [2.45, 2.75) is 251 Å². The molecule has 0 heterocycles. The molecule has 0 fully saturated rings. The Kier molecular flexibility index (Phi) is 41.5. The van der Waals surface area contributed by atoms with Gasteiger partial charge in [0.2, 0.25) is 0 Å². The first-order valence-corrected chi connectivity index (χ1v) is 21.5. The Labute approximate surface area is 276 Å². The molecule has 0 saturated carbocycles. The summed E-state index contributed by atoms with van der Waals surface area (Å²) >= 11 is 2.50. The van der Waals surface area contributed by atoms with E-state index < -0.39 is 0 Å². The van der Waals surface area contributed by atoms with Gasteiger partial charge in [0.25, 0.3) is 0 Å². The monoisotopic (exact) mass is 689 g/mol. The lowest BCUT2D eigenvalue weighted by molar-refractivity contribution is 0.510. The van der Waals surface area contributed by atoms with E-state index in [4.69, 9.17) is 0 Å². The zero-order chi connectivity index (χ0) is 29.6. The maximum Gasteiger partial charge on any atom is -0.000473 e. The minimum atomic E-state index is 1.34. The van der Waals surface area contributed by atoms with E-state index in [0.717, 1.165) is 0 Å². The topological polar surface area (TPSA) is 0 Å². The second kappa shape index (κ2) is 40.7. The van der Waals surface area contributed by atoms with Gasteiger partial charge in [-0.3, -0.25) is 0 Å². The average molecular weight is 689 g/mol. The number of unbranched alkanes of at least 4 members (excludes halogenated alkanes) is 37. The van der Waals surface area contributed by atoms with Gasteiger partial charge in [-0.25, -0.2) is 0 Å². The lowest BCUT2D eigenvalue weighted by Crippen LogP contribution is -1.85. The van der Waals surface area contributed by atoms with E-state index in [9.17, 15) is 0 Å². The third-order valence-corrected chi connectivity index (χ3v) is 10.2. The molecule has 0 bridgehead atoms. The first-order chi connectivity index (χ1) is 20.4. The van der Waals surface area contributed by atoms with Gasteiger partial charge >= 0.3 is 0 Å². The molecule has 0 atom stereocenters. The molecule has 0 spiro atoms. The quantitative estimate of drug-likeness (QED) is 0.0344. The first-order valence-electron chi connectivity index (χ1n) is 20.0. The lowest BCUT2D eigenvalue weighted by atomic mass is 10.0. The Balaban J connectivity index is 3.02. The van der Waals surface area contributed by atoms with Crippen molar-refractivity contribution >= 4 is 22.6 Å². The van der Waals surface area contributed by atoms with Crippen molar-refractivity contribution in [3.63, 3.8) is 0 Å². The van der Waals surface area contributed by atoms with Crippen molar-refractivity contribution in [3.05, 3.63) is 0 Å². The molecule has 0 aromatic rings. The zero-order valence-corrected chi connectivity index (χ0v) is 31.1. The number of hydrogen-bond acceptors (Lipinski definition) is 0. The third kappa shape index (κ3) is 40.7. The van der Waals surface area contributed by atoms with Crippen LogP contribution in [0.25, 0.3) is 0 Å². The summed E-state index contributed by atoms with van der Waals surface area (Å²) in [6.07, 6.45) is 56.5. The van der Waals surface area contributed by atoms with E-state index in [0.29, 0.717) is 0 Å². The smallest absolute Gasteiger partial charge is 0.000473 e. The summed E-state index contributed by atoms with van der Waals surface area (Å²) in [6.45, 7) is 2.31. The highest BCUT2D eigenvalue weighted by Crippen LogP contribution is 2.17. The number of rotatable bonds is 38. The molecule has 0 nitrogen and oxygen atoms in total. The van der Waals surface area contributed by atoms with Crippen LogP contribution in [0.2, 0.25) is 0 Å². The van der Waals surface area contributed by atoms with Gasteiger partial charge in [0, 0.05) is 0 Å². The van der Waals surface area contributed by atoms with E-state index >= 15 is 0 Å². The Morgan fingerprint density at radius 1 is 0.195 bits per heavy atom. The van der Waals surface area contributed by atoms with Gasteiger partial charge in [-0.1, -0.05) is 267 Å². The van der Waals surface area contributed by atoms with Gasteiger partial charge in [-0.15, -0.1) is 0 Å². The molecule has 0 saturated heterocycles. The van der Waals surface area contributed by atoms with Gasteiger partial charge in [-0.2, -0.15) is 0 Å². The van der Waals surface area contributed by atoms with Gasteiger partial charge in [0.1, 0.15) is 0 Å². The summed E-state index contributed by atoms with van der Waals surface area (Å²) in [5.74, 6) is 0. The fourth-order valence-corrected chi connectivity index (χ4v) is 7.07. The van der Waals surface area contributed by atoms with Crippen molar-refractivity contribution in [3.8, 4) is 0 Å². The second-order valence-corrected chi connectivity index (χ2v) is 14.8. The van der Waals surface area contributed by atoms with E-state index in [1.165, 1.54) is 248 Å². The molecule has 0 aliphatic rings. The molecule has 0 aliphatic heterocycles. The van der Waals surface area contributed by atoms with Gasteiger partial charge in [-0.05, 0) is 10.8 Å². The lowest BCUT2D eigenvalue weighted by Gasteiger charge is -2.05. The van der Waals surface area contributed by atoms with E-state index in [-0.39, 0.29) is 0 Å². The van der Waals surface area contributed by atoms with Crippen LogP contribution in [0.3, 0.4) is 0 Å². The molecule has 0 aliphatic carbocycles. The summed E-state index contributed by atoms with van der Waals surface area (Å²) in [7, 11) is 0. The Bertz CT molecular complexity index is 381. The van der Waals surface area contributed by atoms with E-state index in [1.807, 2.05) is 0 Å². The summed E-state index contributed by atoms with van der Waals surface area (Å²) in [5.41, 5.74) is 0. The summed E-state index contributed by atoms with van der Waals surface area (Å²) < 4.78 is 1.34. The van der Waals surface area contributed by atoms with Crippen molar-refractivity contribution < 1.29 is 0 Å². The fourth-order valence-electron chi connectivity index (χ4n) is 6.53. The average Bonchev–Trinajstić information content (AvgIpc) is 2.98. The Hall–Kier alpha value is 0.730. The molecule has 0 aromatic heterocycles. The van der Waals surface area contributed by atoms with Crippen molar-refractivity contribution in [1.82, 2.24) is 0 Å². The molecular weight excluding hydrogens is 607 g/mol. The molecule has 1 heteroatoms. The summed E-state index contributed by atoms with van der Waals surface area (Å²) in [6, 6.07) is 0. The molecule has 0 amide bonds. The molecule has 41 heavy (non-hydrogen) atoms. The van der Waals surface area contributed by atoms with Crippen LogP contribution in [0, 0.1) is 0 Å². The van der Waals surface area contributed by atoms with Crippen LogP contribution in [0.4, 0.5) is 0 Å². The van der Waals surface area contributed by atoms with Crippen LogP contribution in [-0.4, -0.2) is 4.43 Å². The molecule has 0 N–H and O–H groups in total. The zero-order valence-electron chi connectivity index (χ0n) is 29.0.